The molecule has 0 aliphatic carbocycles. The lowest BCUT2D eigenvalue weighted by molar-refractivity contribution is 0.0715. The van der Waals surface area contributed by atoms with Crippen LogP contribution in [0.15, 0.2) is 42.7 Å². The summed E-state index contributed by atoms with van der Waals surface area (Å²) in [4.78, 5) is 23.0. The Morgan fingerprint density at radius 2 is 2.07 bits per heavy atom. The first-order valence-corrected chi connectivity index (χ1v) is 9.94. The Kier molecular flexibility index (Phi) is 5.24. The number of benzene rings is 1. The van der Waals surface area contributed by atoms with E-state index in [0.29, 0.717) is 34.2 Å². The molecule has 0 saturated carbocycles. The average molecular weight is 430 g/mol. The van der Waals surface area contributed by atoms with Gasteiger partial charge in [0.1, 0.15) is 16.7 Å². The molecule has 0 spiro atoms. The van der Waals surface area contributed by atoms with E-state index in [0.717, 1.165) is 16.7 Å². The van der Waals surface area contributed by atoms with E-state index >= 15 is 0 Å². The van der Waals surface area contributed by atoms with Crippen LogP contribution in [0.5, 0.6) is 11.6 Å². The third kappa shape index (κ3) is 3.70. The van der Waals surface area contributed by atoms with E-state index in [1.54, 1.807) is 29.3 Å². The molecule has 1 aromatic carbocycles. The van der Waals surface area contributed by atoms with E-state index in [9.17, 15) is 9.18 Å². The lowest BCUT2D eigenvalue weighted by Gasteiger charge is -2.25. The molecule has 1 aliphatic rings. The van der Waals surface area contributed by atoms with E-state index < -0.39 is 0 Å². The van der Waals surface area contributed by atoms with E-state index in [-0.39, 0.29) is 17.8 Å². The molecule has 0 radical (unpaired) electrons. The Labute approximate surface area is 175 Å². The van der Waals surface area contributed by atoms with E-state index in [1.807, 2.05) is 19.9 Å². The van der Waals surface area contributed by atoms with Gasteiger partial charge in [0.05, 0.1) is 12.6 Å². The number of pyridine rings is 2. The number of halogens is 2. The van der Waals surface area contributed by atoms with Crippen molar-refractivity contribution in [3.05, 3.63) is 75.9 Å². The topological polar surface area (TPSA) is 55.3 Å². The van der Waals surface area contributed by atoms with Gasteiger partial charge in [-0.3, -0.25) is 4.79 Å². The highest BCUT2D eigenvalue weighted by Gasteiger charge is 2.33. The second-order valence-electron chi connectivity index (χ2n) is 6.91. The first-order valence-electron chi connectivity index (χ1n) is 8.99. The molecule has 0 saturated heterocycles. The second kappa shape index (κ2) is 7.69. The van der Waals surface area contributed by atoms with Crippen molar-refractivity contribution in [1.29, 1.82) is 0 Å². The number of carbonyl (C=O) groups is 1. The Hall–Kier alpha value is -2.56. The van der Waals surface area contributed by atoms with Crippen molar-refractivity contribution in [2.24, 2.45) is 0 Å². The zero-order chi connectivity index (χ0) is 20.7. The molecule has 148 valence electrons. The van der Waals surface area contributed by atoms with Gasteiger partial charge in [-0.25, -0.2) is 14.4 Å². The van der Waals surface area contributed by atoms with Crippen LogP contribution in [0, 0.1) is 12.7 Å². The molecule has 1 amide bonds. The zero-order valence-corrected chi connectivity index (χ0v) is 17.7. The lowest BCUT2D eigenvalue weighted by atomic mass is 10.1. The first kappa shape index (κ1) is 19.7. The van der Waals surface area contributed by atoms with Crippen LogP contribution in [0.25, 0.3) is 0 Å². The standard InChI is InChI=1S/C21H18ClFN3O2P/c1-11-7-13(9-25-20(11)28-14-3-4-18(29)17(23)8-14)12(2)26-10-16-15(21(26)27)5-6-24-19(16)22/h3-9,12H,10,29H2,1-2H3. The smallest absolute Gasteiger partial charge is 0.255 e. The summed E-state index contributed by atoms with van der Waals surface area (Å²) in [5.41, 5.74) is 2.98. The number of aromatic nitrogens is 2. The van der Waals surface area contributed by atoms with Gasteiger partial charge in [-0.05, 0) is 43.7 Å². The molecule has 0 fully saturated rings. The number of nitrogens with zero attached hydrogens (tertiary/aromatic N) is 3. The van der Waals surface area contributed by atoms with Gasteiger partial charge in [0.15, 0.2) is 0 Å². The molecule has 3 aromatic rings. The number of fused-ring (bicyclic) bond motifs is 1. The van der Waals surface area contributed by atoms with Gasteiger partial charge < -0.3 is 9.64 Å². The second-order valence-corrected chi connectivity index (χ2v) is 7.89. The van der Waals surface area contributed by atoms with Crippen LogP contribution in [0.4, 0.5) is 4.39 Å². The van der Waals surface area contributed by atoms with Crippen molar-refractivity contribution >= 4 is 32.1 Å². The molecular weight excluding hydrogens is 412 g/mol. The molecule has 4 rings (SSSR count). The van der Waals surface area contributed by atoms with Crippen molar-refractivity contribution in [3.8, 4) is 11.6 Å². The van der Waals surface area contributed by atoms with Crippen LogP contribution < -0.4 is 10.0 Å². The summed E-state index contributed by atoms with van der Waals surface area (Å²) in [6, 6.07) is 8.02. The largest absolute Gasteiger partial charge is 0.439 e. The van der Waals surface area contributed by atoms with Crippen LogP contribution in [0.3, 0.4) is 0 Å². The maximum atomic E-state index is 13.7. The van der Waals surface area contributed by atoms with Crippen LogP contribution >= 0.6 is 20.8 Å². The normalized spacial score (nSPS) is 14.1. The highest BCUT2D eigenvalue weighted by atomic mass is 35.5. The van der Waals surface area contributed by atoms with Crippen molar-refractivity contribution in [2.75, 3.05) is 0 Å². The van der Waals surface area contributed by atoms with Crippen molar-refractivity contribution < 1.29 is 13.9 Å². The zero-order valence-electron chi connectivity index (χ0n) is 15.8. The molecular formula is C21H18ClFN3O2P. The highest BCUT2D eigenvalue weighted by molar-refractivity contribution is 7.27. The number of hydrogen-bond acceptors (Lipinski definition) is 4. The predicted molar refractivity (Wildman–Crippen MR) is 112 cm³/mol. The molecule has 2 aromatic heterocycles. The van der Waals surface area contributed by atoms with Gasteiger partial charge in [-0.1, -0.05) is 11.6 Å². The highest BCUT2D eigenvalue weighted by Crippen LogP contribution is 2.34. The van der Waals surface area contributed by atoms with E-state index in [1.165, 1.54) is 12.3 Å². The SMILES string of the molecule is Cc1cc(C(C)N2Cc3c(ccnc3Cl)C2=O)cnc1Oc1ccc(P)c(F)c1. The number of ether oxygens (including phenoxy) is 1. The van der Waals surface area contributed by atoms with Gasteiger partial charge in [-0.2, -0.15) is 0 Å². The number of hydrogen-bond donors (Lipinski definition) is 0. The van der Waals surface area contributed by atoms with Gasteiger partial charge in [-0.15, -0.1) is 9.24 Å². The van der Waals surface area contributed by atoms with Crippen LogP contribution in [0.2, 0.25) is 5.15 Å². The minimum absolute atomic E-state index is 0.0808. The molecule has 29 heavy (non-hydrogen) atoms. The molecule has 2 atom stereocenters. The molecule has 8 heteroatoms. The van der Waals surface area contributed by atoms with Crippen molar-refractivity contribution in [1.82, 2.24) is 14.9 Å². The van der Waals surface area contributed by atoms with Crippen molar-refractivity contribution in [2.45, 2.75) is 26.4 Å². The van der Waals surface area contributed by atoms with Crippen LogP contribution in [-0.4, -0.2) is 20.8 Å². The number of amides is 1. The first-order chi connectivity index (χ1) is 13.8. The summed E-state index contributed by atoms with van der Waals surface area (Å²) in [6.45, 7) is 4.20. The number of rotatable bonds is 4. The molecule has 0 bridgehead atoms. The molecule has 5 nitrogen and oxygen atoms in total. The average Bonchev–Trinajstić information content (AvgIpc) is 3.04. The Morgan fingerprint density at radius 3 is 2.76 bits per heavy atom. The molecule has 2 unspecified atom stereocenters. The minimum atomic E-state index is -0.365. The number of aryl methyl sites for hydroxylation is 1. The molecule has 3 heterocycles. The molecule has 0 N–H and O–H groups in total. The summed E-state index contributed by atoms with van der Waals surface area (Å²) >= 11 is 6.15. The Bertz CT molecular complexity index is 1130. The fourth-order valence-electron chi connectivity index (χ4n) is 3.31. The predicted octanol–water partition coefficient (Wildman–Crippen LogP) is 4.59. The third-order valence-corrected chi connectivity index (χ3v) is 5.80. The maximum absolute atomic E-state index is 13.7. The summed E-state index contributed by atoms with van der Waals surface area (Å²) in [7, 11) is 2.33. The summed E-state index contributed by atoms with van der Waals surface area (Å²) in [5, 5.41) is 0.824. The van der Waals surface area contributed by atoms with Crippen LogP contribution in [-0.2, 0) is 6.54 Å². The van der Waals surface area contributed by atoms with Crippen molar-refractivity contribution in [3.63, 3.8) is 0 Å². The van der Waals surface area contributed by atoms with Gasteiger partial charge >= 0.3 is 0 Å². The lowest BCUT2D eigenvalue weighted by Crippen LogP contribution is -2.27. The fourth-order valence-corrected chi connectivity index (χ4v) is 3.71. The minimum Gasteiger partial charge on any atom is -0.439 e. The van der Waals surface area contributed by atoms with Gasteiger partial charge in [0.25, 0.3) is 5.91 Å². The summed E-state index contributed by atoms with van der Waals surface area (Å²) in [5.74, 6) is 0.316. The monoisotopic (exact) mass is 429 g/mol. The van der Waals surface area contributed by atoms with E-state index in [2.05, 4.69) is 19.2 Å². The molecule has 1 aliphatic heterocycles. The van der Waals surface area contributed by atoms with Gasteiger partial charge in [0.2, 0.25) is 5.88 Å². The van der Waals surface area contributed by atoms with E-state index in [4.69, 9.17) is 16.3 Å². The van der Waals surface area contributed by atoms with Gasteiger partial charge in [0, 0.05) is 40.5 Å². The fraction of sp³-hybridized carbons (Fsp3) is 0.190. The quantitative estimate of drug-likeness (QED) is 0.450. The third-order valence-electron chi connectivity index (χ3n) is 5.01. The Balaban J connectivity index is 1.55. The maximum Gasteiger partial charge on any atom is 0.255 e. The summed E-state index contributed by atoms with van der Waals surface area (Å²) in [6.07, 6.45) is 3.21. The Morgan fingerprint density at radius 1 is 1.28 bits per heavy atom. The van der Waals surface area contributed by atoms with Crippen LogP contribution in [0.1, 0.15) is 40.0 Å². The summed E-state index contributed by atoms with van der Waals surface area (Å²) < 4.78 is 19.5. The number of carbonyl (C=O) groups excluding carboxylic acids is 1.